The van der Waals surface area contributed by atoms with Crippen molar-refractivity contribution < 1.29 is 42.9 Å². The Morgan fingerprint density at radius 3 is 0.792 bits per heavy atom. The summed E-state index contributed by atoms with van der Waals surface area (Å²) in [4.78, 5) is 37.7. The molecule has 0 fully saturated rings. The van der Waals surface area contributed by atoms with E-state index in [1.165, 1.54) is 276 Å². The van der Waals surface area contributed by atoms with Crippen molar-refractivity contribution in [3.8, 4) is 0 Å². The van der Waals surface area contributed by atoms with Crippen molar-refractivity contribution in [3.05, 3.63) is 109 Å². The summed E-state index contributed by atoms with van der Waals surface area (Å²) in [5.74, 6) is -2.26. The molecule has 0 bridgehead atoms. The van der Waals surface area contributed by atoms with E-state index < -0.39 is 24.3 Å². The normalized spacial score (nSPS) is 13.2. The molecule has 584 valence electrons. The first-order valence-corrected chi connectivity index (χ1v) is 43.0. The second-order valence-corrected chi connectivity index (χ2v) is 30.1. The number of esters is 2. The van der Waals surface area contributed by atoms with Gasteiger partial charge in [0.15, 0.2) is 12.4 Å². The zero-order chi connectivity index (χ0) is 73.2. The van der Waals surface area contributed by atoms with E-state index in [2.05, 4.69) is 123 Å². The lowest BCUT2D eigenvalue weighted by Gasteiger charge is -2.26. The first-order chi connectivity index (χ1) is 49.6. The van der Waals surface area contributed by atoms with Gasteiger partial charge in [-0.05, 0) is 96.3 Å². The Labute approximate surface area is 625 Å². The Hall–Kier alpha value is -4.05. The lowest BCUT2D eigenvalue weighted by Crippen LogP contribution is -2.44. The molecule has 0 spiro atoms. The minimum absolute atomic E-state index is 0.148. The molecule has 0 aliphatic heterocycles. The summed E-state index contributed by atoms with van der Waals surface area (Å²) in [6.07, 6.45) is 112. The largest absolute Gasteiger partial charge is 0.545 e. The van der Waals surface area contributed by atoms with E-state index >= 15 is 0 Å². The van der Waals surface area contributed by atoms with Gasteiger partial charge in [0.25, 0.3) is 0 Å². The molecular formula is C92H163NO8. The maximum Gasteiger partial charge on any atom is 0.306 e. The van der Waals surface area contributed by atoms with Crippen LogP contribution in [0, 0.1) is 0 Å². The van der Waals surface area contributed by atoms with Crippen LogP contribution in [-0.4, -0.2) is 82.3 Å². The molecule has 9 heteroatoms. The number of carboxylic acid groups (broad SMARTS) is 1. The van der Waals surface area contributed by atoms with Gasteiger partial charge in [-0.15, -0.1) is 0 Å². The number of ether oxygens (including phenoxy) is 4. The van der Waals surface area contributed by atoms with Crippen LogP contribution in [0.3, 0.4) is 0 Å². The summed E-state index contributed by atoms with van der Waals surface area (Å²) in [6, 6.07) is 0. The summed E-state index contributed by atoms with van der Waals surface area (Å²) in [6.45, 7) is 4.58. The molecule has 0 aliphatic carbocycles. The Balaban J connectivity index is 3.93. The van der Waals surface area contributed by atoms with Gasteiger partial charge in [0.05, 0.1) is 40.3 Å². The molecule has 0 amide bonds. The number of carbonyl (C=O) groups is 3. The van der Waals surface area contributed by atoms with Gasteiger partial charge in [0, 0.05) is 12.8 Å². The molecule has 0 aromatic heterocycles. The fourth-order valence-corrected chi connectivity index (χ4v) is 12.6. The van der Waals surface area contributed by atoms with Gasteiger partial charge in [0.2, 0.25) is 0 Å². The topological polar surface area (TPSA) is 111 Å². The zero-order valence-corrected chi connectivity index (χ0v) is 67.0. The smallest absolute Gasteiger partial charge is 0.306 e. The monoisotopic (exact) mass is 1410 g/mol. The number of nitrogens with zero attached hydrogens (tertiary/aromatic N) is 1. The molecule has 0 N–H and O–H groups in total. The average Bonchev–Trinajstić information content (AvgIpc) is 1.21. The lowest BCUT2D eigenvalue weighted by molar-refractivity contribution is -0.870. The zero-order valence-electron chi connectivity index (χ0n) is 67.0. The molecule has 0 saturated heterocycles. The molecule has 0 aliphatic rings. The molecular weight excluding hydrogens is 1250 g/mol. The van der Waals surface area contributed by atoms with Crippen LogP contribution in [0.25, 0.3) is 0 Å². The first-order valence-electron chi connectivity index (χ1n) is 43.0. The van der Waals surface area contributed by atoms with Gasteiger partial charge in [-0.2, -0.15) is 0 Å². The van der Waals surface area contributed by atoms with Crippen LogP contribution in [0.1, 0.15) is 399 Å². The van der Waals surface area contributed by atoms with E-state index in [4.69, 9.17) is 18.9 Å². The number of carboxylic acids is 1. The van der Waals surface area contributed by atoms with Crippen LogP contribution in [0.15, 0.2) is 109 Å². The third kappa shape index (κ3) is 83.1. The van der Waals surface area contributed by atoms with Crippen LogP contribution < -0.4 is 5.11 Å². The highest BCUT2D eigenvalue weighted by atomic mass is 16.7. The predicted molar refractivity (Wildman–Crippen MR) is 435 cm³/mol. The summed E-state index contributed by atoms with van der Waals surface area (Å²) < 4.78 is 22.9. The van der Waals surface area contributed by atoms with Crippen molar-refractivity contribution in [2.24, 2.45) is 0 Å². The Kier molecular flexibility index (Phi) is 78.3. The van der Waals surface area contributed by atoms with E-state index in [1.54, 1.807) is 0 Å². The molecule has 0 heterocycles. The quantitative estimate of drug-likeness (QED) is 0.0195. The first kappa shape index (κ1) is 97.0. The minimum Gasteiger partial charge on any atom is -0.545 e. The van der Waals surface area contributed by atoms with Gasteiger partial charge >= 0.3 is 11.9 Å². The van der Waals surface area contributed by atoms with Crippen LogP contribution in [0.4, 0.5) is 0 Å². The van der Waals surface area contributed by atoms with Crippen molar-refractivity contribution in [1.82, 2.24) is 0 Å². The Bertz CT molecular complexity index is 2040. The van der Waals surface area contributed by atoms with E-state index in [-0.39, 0.29) is 32.2 Å². The lowest BCUT2D eigenvalue weighted by atomic mass is 10.0. The predicted octanol–water partition coefficient (Wildman–Crippen LogP) is 26.7. The van der Waals surface area contributed by atoms with Crippen molar-refractivity contribution in [1.29, 1.82) is 0 Å². The highest BCUT2D eigenvalue weighted by Gasteiger charge is 2.22. The van der Waals surface area contributed by atoms with E-state index in [0.29, 0.717) is 23.9 Å². The fourth-order valence-electron chi connectivity index (χ4n) is 12.6. The number of rotatable bonds is 80. The standard InChI is InChI=1S/C92H163NO8/c1-6-8-10-12-14-16-18-20-22-24-26-28-30-32-34-36-38-40-42-43-44-45-46-47-49-51-53-55-57-59-61-63-65-67-69-71-73-75-77-79-81-83-90(95)101-88(87-100-92(91(96)97)98-85-84-93(3,4)5)86-99-89(94)82-80-78-76-74-72-70-68-66-64-62-60-58-56-54-52-50-48-41-39-37-35-33-31-29-27-25-23-21-19-17-15-13-11-9-7-2/h8-11,14-17,20-23,26-29,32,34,88,92H,6-7,12-13,18-19,24-25,30-31,33,35-87H2,1-5H3/b10-8-,11-9-,16-14-,17-15-,22-20-,23-21-,28-26-,29-27-,34-32-. The van der Waals surface area contributed by atoms with Gasteiger partial charge in [-0.25, -0.2) is 0 Å². The molecule has 2 unspecified atom stereocenters. The van der Waals surface area contributed by atoms with Gasteiger partial charge in [0.1, 0.15) is 13.2 Å². The summed E-state index contributed by atoms with van der Waals surface area (Å²) in [7, 11) is 5.95. The second-order valence-electron chi connectivity index (χ2n) is 30.1. The molecule has 0 rings (SSSR count). The van der Waals surface area contributed by atoms with Crippen LogP contribution >= 0.6 is 0 Å². The number of unbranched alkanes of at least 4 members (excludes halogenated alkanes) is 47. The van der Waals surface area contributed by atoms with Crippen molar-refractivity contribution in [2.45, 2.75) is 411 Å². The van der Waals surface area contributed by atoms with Crippen LogP contribution in [0.5, 0.6) is 0 Å². The third-order valence-electron chi connectivity index (χ3n) is 19.0. The van der Waals surface area contributed by atoms with Crippen LogP contribution in [-0.2, 0) is 33.3 Å². The molecule has 0 aromatic rings. The number of hydrogen-bond donors (Lipinski definition) is 0. The maximum absolute atomic E-state index is 13.0. The van der Waals surface area contributed by atoms with Crippen LogP contribution in [0.2, 0.25) is 0 Å². The van der Waals surface area contributed by atoms with E-state index in [9.17, 15) is 19.5 Å². The number of allylic oxidation sites excluding steroid dienone is 18. The van der Waals surface area contributed by atoms with Crippen molar-refractivity contribution >= 4 is 17.9 Å². The van der Waals surface area contributed by atoms with Gasteiger partial charge in [-0.3, -0.25) is 9.59 Å². The number of aliphatic carboxylic acids is 1. The molecule has 0 saturated carbocycles. The van der Waals surface area contributed by atoms with Crippen molar-refractivity contribution in [3.63, 3.8) is 0 Å². The Morgan fingerprint density at radius 2 is 0.535 bits per heavy atom. The third-order valence-corrected chi connectivity index (χ3v) is 19.0. The number of hydrogen-bond acceptors (Lipinski definition) is 8. The summed E-state index contributed by atoms with van der Waals surface area (Å²) >= 11 is 0. The maximum atomic E-state index is 13.0. The highest BCUT2D eigenvalue weighted by Crippen LogP contribution is 2.20. The molecule has 2 atom stereocenters. The van der Waals surface area contributed by atoms with Gasteiger partial charge in [-0.1, -0.05) is 399 Å². The van der Waals surface area contributed by atoms with E-state index in [1.807, 2.05) is 21.1 Å². The average molecular weight is 1410 g/mol. The van der Waals surface area contributed by atoms with Gasteiger partial charge < -0.3 is 33.3 Å². The number of quaternary nitrogens is 1. The summed E-state index contributed by atoms with van der Waals surface area (Å²) in [5.41, 5.74) is 0. The number of carbonyl (C=O) groups excluding carboxylic acids is 3. The second kappa shape index (κ2) is 81.6. The SMILES string of the molecule is CC/C=C\C/C=C\C/C=C\C/C=C\C/C=C\CCCCCCCCCCCCCCCCCCCCCCCCCCCC(=O)OC(COC(=O)CCCCCCCCCCCCCCCCCCCCCCCC/C=C\C/C=C\C/C=C\C/C=C\CC)COC(OCC[N+](C)(C)C)C(=O)[O-]. The Morgan fingerprint density at radius 1 is 0.297 bits per heavy atom. The van der Waals surface area contributed by atoms with E-state index in [0.717, 1.165) is 89.9 Å². The highest BCUT2D eigenvalue weighted by molar-refractivity contribution is 5.70. The molecule has 0 aromatic carbocycles. The fraction of sp³-hybridized carbons (Fsp3) is 0.772. The molecule has 0 radical (unpaired) electrons. The molecule has 9 nitrogen and oxygen atoms in total. The minimum atomic E-state index is -1.62. The molecule has 101 heavy (non-hydrogen) atoms. The summed E-state index contributed by atoms with van der Waals surface area (Å²) in [5, 5.41) is 11.9. The van der Waals surface area contributed by atoms with Crippen molar-refractivity contribution in [2.75, 3.05) is 47.5 Å². The number of likely N-dealkylation sites (N-methyl/N-ethyl adjacent to an activating group) is 1.